The number of hydrogen-bond acceptors (Lipinski definition) is 3. The minimum atomic E-state index is -0.333. The van der Waals surface area contributed by atoms with Crippen LogP contribution in [0.25, 0.3) is 0 Å². The number of nitrogens with one attached hydrogen (secondary N) is 1. The number of hydrogen-bond donors (Lipinski definition) is 2. The predicted octanol–water partition coefficient (Wildman–Crippen LogP) is 2.53. The van der Waals surface area contributed by atoms with E-state index >= 15 is 0 Å². The third-order valence-electron chi connectivity index (χ3n) is 4.84. The molecule has 114 valence electrons. The van der Waals surface area contributed by atoms with Crippen molar-refractivity contribution in [2.75, 3.05) is 7.11 Å². The van der Waals surface area contributed by atoms with Gasteiger partial charge in [0, 0.05) is 6.04 Å². The molecular formula is C17H23NO3. The molecule has 1 aromatic rings. The number of aryl methyl sites for hydroxylation is 1. The Morgan fingerprint density at radius 3 is 2.95 bits per heavy atom. The highest BCUT2D eigenvalue weighted by atomic mass is 16.5. The van der Waals surface area contributed by atoms with Crippen LogP contribution in [-0.4, -0.2) is 30.5 Å². The minimum Gasteiger partial charge on any atom is -0.453 e. The molecule has 4 nitrogen and oxygen atoms in total. The fourth-order valence-corrected chi connectivity index (χ4v) is 3.65. The molecule has 0 spiro atoms. The summed E-state index contributed by atoms with van der Waals surface area (Å²) in [4.78, 5) is 11.3. The second-order valence-electron chi connectivity index (χ2n) is 6.27. The summed E-state index contributed by atoms with van der Waals surface area (Å²) in [5.74, 6) is 0.518. The van der Waals surface area contributed by atoms with Crippen molar-refractivity contribution >= 4 is 6.09 Å². The molecule has 2 aliphatic rings. The van der Waals surface area contributed by atoms with Crippen molar-refractivity contribution in [3.8, 4) is 0 Å². The van der Waals surface area contributed by atoms with E-state index in [1.165, 1.54) is 23.8 Å². The summed E-state index contributed by atoms with van der Waals surface area (Å²) in [6.45, 7) is 0. The first-order valence-corrected chi connectivity index (χ1v) is 7.80. The molecule has 3 rings (SSSR count). The molecule has 2 aliphatic carbocycles. The number of methoxy groups -OCH3 is 1. The van der Waals surface area contributed by atoms with Crippen molar-refractivity contribution in [3.05, 3.63) is 34.9 Å². The van der Waals surface area contributed by atoms with Gasteiger partial charge in [0.15, 0.2) is 0 Å². The maximum absolute atomic E-state index is 11.3. The minimum absolute atomic E-state index is 0.177. The summed E-state index contributed by atoms with van der Waals surface area (Å²) < 4.78 is 4.66. The monoisotopic (exact) mass is 289 g/mol. The van der Waals surface area contributed by atoms with Crippen molar-refractivity contribution < 1.29 is 14.6 Å². The van der Waals surface area contributed by atoms with Crippen LogP contribution < -0.4 is 5.32 Å². The number of amides is 1. The van der Waals surface area contributed by atoms with Gasteiger partial charge in [-0.25, -0.2) is 4.79 Å². The van der Waals surface area contributed by atoms with E-state index in [1.807, 2.05) is 0 Å². The molecular weight excluding hydrogens is 266 g/mol. The lowest BCUT2D eigenvalue weighted by Gasteiger charge is -2.22. The summed E-state index contributed by atoms with van der Waals surface area (Å²) in [6.07, 6.45) is 5.22. The molecule has 0 bridgehead atoms. The summed E-state index contributed by atoms with van der Waals surface area (Å²) >= 11 is 0. The predicted molar refractivity (Wildman–Crippen MR) is 80.4 cm³/mol. The molecule has 1 fully saturated rings. The van der Waals surface area contributed by atoms with E-state index in [0.29, 0.717) is 5.92 Å². The fourth-order valence-electron chi connectivity index (χ4n) is 3.65. The Labute approximate surface area is 125 Å². The molecule has 4 heteroatoms. The van der Waals surface area contributed by atoms with E-state index in [0.717, 1.165) is 38.5 Å². The van der Waals surface area contributed by atoms with E-state index in [9.17, 15) is 9.90 Å². The molecule has 21 heavy (non-hydrogen) atoms. The molecule has 1 saturated carbocycles. The lowest BCUT2D eigenvalue weighted by molar-refractivity contribution is 0.158. The van der Waals surface area contributed by atoms with Gasteiger partial charge >= 0.3 is 6.09 Å². The summed E-state index contributed by atoms with van der Waals surface area (Å²) in [7, 11) is 1.40. The number of carbonyl (C=O) groups is 1. The van der Waals surface area contributed by atoms with Crippen LogP contribution in [0, 0.1) is 0 Å². The Hall–Kier alpha value is -1.55. The first-order chi connectivity index (χ1) is 10.2. The smallest absolute Gasteiger partial charge is 0.407 e. The van der Waals surface area contributed by atoms with Gasteiger partial charge in [0.2, 0.25) is 0 Å². The number of ether oxygens (including phenoxy) is 1. The molecule has 1 aromatic carbocycles. The number of benzene rings is 1. The molecule has 0 heterocycles. The highest BCUT2D eigenvalue weighted by Crippen LogP contribution is 2.36. The van der Waals surface area contributed by atoms with Crippen LogP contribution in [0.3, 0.4) is 0 Å². The quantitative estimate of drug-likeness (QED) is 0.879. The Balaban J connectivity index is 1.67. The summed E-state index contributed by atoms with van der Waals surface area (Å²) in [5.41, 5.74) is 4.06. The summed E-state index contributed by atoms with van der Waals surface area (Å²) in [6, 6.07) is 6.91. The Bertz CT molecular complexity index is 529. The van der Waals surface area contributed by atoms with E-state index in [1.54, 1.807) is 0 Å². The number of alkyl carbamates (subject to hydrolysis) is 1. The average Bonchev–Trinajstić information content (AvgIpc) is 2.95. The zero-order chi connectivity index (χ0) is 14.8. The number of carbonyl (C=O) groups excluding carboxylic acids is 1. The SMILES string of the molecule is COC(=O)NC1CCC(c2ccc3c(c2)CCC(O)C3)C1. The molecule has 0 saturated heterocycles. The van der Waals surface area contributed by atoms with Crippen LogP contribution in [0.1, 0.15) is 48.3 Å². The normalized spacial score (nSPS) is 28.0. The highest BCUT2D eigenvalue weighted by molar-refractivity contribution is 5.67. The van der Waals surface area contributed by atoms with E-state index < -0.39 is 0 Å². The Kier molecular flexibility index (Phi) is 4.15. The number of aliphatic hydroxyl groups excluding tert-OH is 1. The van der Waals surface area contributed by atoms with Gasteiger partial charge in [-0.3, -0.25) is 0 Å². The molecule has 1 amide bonds. The van der Waals surface area contributed by atoms with Crippen LogP contribution in [0.15, 0.2) is 18.2 Å². The van der Waals surface area contributed by atoms with Gasteiger partial charge in [0.25, 0.3) is 0 Å². The second-order valence-corrected chi connectivity index (χ2v) is 6.27. The van der Waals surface area contributed by atoms with Crippen LogP contribution in [0.5, 0.6) is 0 Å². The first-order valence-electron chi connectivity index (χ1n) is 7.80. The lowest BCUT2D eigenvalue weighted by atomic mass is 9.86. The molecule has 0 aliphatic heterocycles. The highest BCUT2D eigenvalue weighted by Gasteiger charge is 2.28. The summed E-state index contributed by atoms with van der Waals surface area (Å²) in [5, 5.41) is 12.6. The standard InChI is InChI=1S/C17H23NO3/c1-21-17(20)18-15-6-4-13(9-15)11-2-3-14-10-16(19)7-5-12(14)8-11/h2-3,8,13,15-16,19H,4-7,9-10H2,1H3,(H,18,20). The Morgan fingerprint density at radius 1 is 1.29 bits per heavy atom. The zero-order valence-electron chi connectivity index (χ0n) is 12.5. The largest absolute Gasteiger partial charge is 0.453 e. The van der Waals surface area contributed by atoms with Gasteiger partial charge in [0.05, 0.1) is 13.2 Å². The Morgan fingerprint density at radius 2 is 2.14 bits per heavy atom. The van der Waals surface area contributed by atoms with E-state index in [-0.39, 0.29) is 18.2 Å². The van der Waals surface area contributed by atoms with Gasteiger partial charge < -0.3 is 15.2 Å². The topological polar surface area (TPSA) is 58.6 Å². The maximum atomic E-state index is 11.3. The average molecular weight is 289 g/mol. The molecule has 3 atom stereocenters. The van der Waals surface area contributed by atoms with Crippen LogP contribution in [-0.2, 0) is 17.6 Å². The van der Waals surface area contributed by atoms with E-state index in [4.69, 9.17) is 0 Å². The van der Waals surface area contributed by atoms with Gasteiger partial charge in [-0.2, -0.15) is 0 Å². The number of aliphatic hydroxyl groups is 1. The maximum Gasteiger partial charge on any atom is 0.407 e. The third-order valence-corrected chi connectivity index (χ3v) is 4.84. The zero-order valence-corrected chi connectivity index (χ0v) is 12.5. The van der Waals surface area contributed by atoms with Crippen LogP contribution in [0.4, 0.5) is 4.79 Å². The fraction of sp³-hybridized carbons (Fsp3) is 0.588. The van der Waals surface area contributed by atoms with Gasteiger partial charge in [-0.05, 0) is 61.1 Å². The second kappa shape index (κ2) is 6.06. The molecule has 3 unspecified atom stereocenters. The van der Waals surface area contributed by atoms with Crippen LogP contribution in [0.2, 0.25) is 0 Å². The van der Waals surface area contributed by atoms with Gasteiger partial charge in [0.1, 0.15) is 0 Å². The van der Waals surface area contributed by atoms with Crippen molar-refractivity contribution in [1.29, 1.82) is 0 Å². The number of fused-ring (bicyclic) bond motifs is 1. The molecule has 2 N–H and O–H groups in total. The van der Waals surface area contributed by atoms with Crippen molar-refractivity contribution in [2.45, 2.75) is 56.6 Å². The van der Waals surface area contributed by atoms with Gasteiger partial charge in [-0.15, -0.1) is 0 Å². The lowest BCUT2D eigenvalue weighted by Crippen LogP contribution is -2.32. The van der Waals surface area contributed by atoms with E-state index in [2.05, 4.69) is 28.3 Å². The van der Waals surface area contributed by atoms with Crippen molar-refractivity contribution in [1.82, 2.24) is 5.32 Å². The van der Waals surface area contributed by atoms with Crippen molar-refractivity contribution in [2.24, 2.45) is 0 Å². The van der Waals surface area contributed by atoms with Crippen LogP contribution >= 0.6 is 0 Å². The van der Waals surface area contributed by atoms with Gasteiger partial charge in [-0.1, -0.05) is 18.2 Å². The first kappa shape index (κ1) is 14.4. The van der Waals surface area contributed by atoms with Crippen molar-refractivity contribution in [3.63, 3.8) is 0 Å². The molecule has 0 radical (unpaired) electrons. The third kappa shape index (κ3) is 3.21. The molecule has 0 aromatic heterocycles. The number of rotatable bonds is 2.